The molecule has 0 aliphatic heterocycles. The summed E-state index contributed by atoms with van der Waals surface area (Å²) in [6.45, 7) is 1.93. The zero-order valence-corrected chi connectivity index (χ0v) is 10.6. The van der Waals surface area contributed by atoms with Gasteiger partial charge in [0.15, 0.2) is 0 Å². The molecule has 0 spiro atoms. The van der Waals surface area contributed by atoms with Crippen LogP contribution in [0.25, 0.3) is 0 Å². The van der Waals surface area contributed by atoms with Crippen LogP contribution < -0.4 is 11.1 Å². The molecule has 1 aliphatic rings. The number of nitrogen functional groups attached to an aromatic ring is 1. The predicted molar refractivity (Wildman–Crippen MR) is 71.3 cm³/mol. The number of aliphatic hydroxyl groups is 1. The molecule has 4 N–H and O–H groups in total. The second kappa shape index (κ2) is 5.40. The Labute approximate surface area is 107 Å². The van der Waals surface area contributed by atoms with Crippen molar-refractivity contribution in [2.24, 2.45) is 0 Å². The number of amides is 1. The van der Waals surface area contributed by atoms with Crippen LogP contribution in [-0.4, -0.2) is 23.2 Å². The zero-order valence-electron chi connectivity index (χ0n) is 10.6. The summed E-state index contributed by atoms with van der Waals surface area (Å²) in [5.74, 6) is -0.196. The number of rotatable bonds is 2. The third-order valence-electron chi connectivity index (χ3n) is 3.50. The number of aryl methyl sites for hydroxylation is 1. The maximum Gasteiger partial charge on any atom is 0.253 e. The molecule has 0 heterocycles. The van der Waals surface area contributed by atoms with E-state index in [1.54, 1.807) is 12.1 Å². The number of hydrogen-bond acceptors (Lipinski definition) is 3. The molecule has 2 unspecified atom stereocenters. The minimum atomic E-state index is -0.436. The van der Waals surface area contributed by atoms with E-state index in [0.717, 1.165) is 31.2 Å². The Morgan fingerprint density at radius 2 is 2.11 bits per heavy atom. The van der Waals surface area contributed by atoms with Gasteiger partial charge in [-0.25, -0.2) is 0 Å². The van der Waals surface area contributed by atoms with Gasteiger partial charge in [0.1, 0.15) is 0 Å². The number of nitrogens with one attached hydrogen (secondary N) is 1. The highest BCUT2D eigenvalue weighted by Gasteiger charge is 2.25. The van der Waals surface area contributed by atoms with Gasteiger partial charge in [-0.3, -0.25) is 4.79 Å². The number of hydrogen-bond donors (Lipinski definition) is 3. The van der Waals surface area contributed by atoms with Gasteiger partial charge in [0, 0.05) is 5.69 Å². The van der Waals surface area contributed by atoms with E-state index in [1.165, 1.54) is 0 Å². The van der Waals surface area contributed by atoms with Crippen molar-refractivity contribution >= 4 is 11.6 Å². The van der Waals surface area contributed by atoms with Crippen LogP contribution in [0.15, 0.2) is 18.2 Å². The molecule has 0 saturated heterocycles. The maximum absolute atomic E-state index is 12.1. The van der Waals surface area contributed by atoms with Crippen molar-refractivity contribution in [3.05, 3.63) is 29.3 Å². The number of aliphatic hydroxyl groups excluding tert-OH is 1. The molecule has 1 aromatic rings. The third kappa shape index (κ3) is 2.82. The fourth-order valence-corrected chi connectivity index (χ4v) is 2.41. The number of carbonyl (C=O) groups excluding carboxylic acids is 1. The van der Waals surface area contributed by atoms with E-state index < -0.39 is 6.10 Å². The molecule has 2 rings (SSSR count). The fraction of sp³-hybridized carbons (Fsp3) is 0.500. The molecule has 98 valence electrons. The first-order valence-corrected chi connectivity index (χ1v) is 6.43. The lowest BCUT2D eigenvalue weighted by molar-refractivity contribution is 0.0718. The lowest BCUT2D eigenvalue weighted by Crippen LogP contribution is -2.45. The van der Waals surface area contributed by atoms with Crippen molar-refractivity contribution < 1.29 is 9.90 Å². The molecule has 1 amide bonds. The largest absolute Gasteiger partial charge is 0.398 e. The van der Waals surface area contributed by atoms with Crippen LogP contribution in [0.5, 0.6) is 0 Å². The lowest BCUT2D eigenvalue weighted by Gasteiger charge is -2.28. The molecule has 0 bridgehead atoms. The summed E-state index contributed by atoms with van der Waals surface area (Å²) in [6, 6.07) is 5.23. The predicted octanol–water partition coefficient (Wildman–Crippen LogP) is 1.61. The first-order chi connectivity index (χ1) is 8.58. The SMILES string of the molecule is Cc1ccc(C(=O)NC2CCCCC2O)c(N)c1. The Kier molecular flexibility index (Phi) is 3.87. The maximum atomic E-state index is 12.1. The molecule has 4 nitrogen and oxygen atoms in total. The number of nitrogens with two attached hydrogens (primary N) is 1. The zero-order chi connectivity index (χ0) is 13.1. The van der Waals surface area contributed by atoms with Crippen LogP contribution >= 0.6 is 0 Å². The van der Waals surface area contributed by atoms with Gasteiger partial charge in [0.2, 0.25) is 0 Å². The van der Waals surface area contributed by atoms with Crippen LogP contribution in [0.2, 0.25) is 0 Å². The molecule has 0 radical (unpaired) electrons. The van der Waals surface area contributed by atoms with Gasteiger partial charge in [-0.2, -0.15) is 0 Å². The van der Waals surface area contributed by atoms with Crippen LogP contribution in [0.1, 0.15) is 41.6 Å². The summed E-state index contributed by atoms with van der Waals surface area (Å²) >= 11 is 0. The minimum absolute atomic E-state index is 0.146. The molecule has 1 aromatic carbocycles. The first kappa shape index (κ1) is 12.9. The topological polar surface area (TPSA) is 75.3 Å². The Morgan fingerprint density at radius 3 is 2.78 bits per heavy atom. The summed E-state index contributed by atoms with van der Waals surface area (Å²) in [4.78, 5) is 12.1. The summed E-state index contributed by atoms with van der Waals surface area (Å²) in [7, 11) is 0. The standard InChI is InChI=1S/C14H20N2O2/c1-9-6-7-10(11(15)8-9)14(18)16-12-4-2-3-5-13(12)17/h6-8,12-13,17H,2-5,15H2,1H3,(H,16,18). The number of anilines is 1. The third-order valence-corrected chi connectivity index (χ3v) is 3.50. The minimum Gasteiger partial charge on any atom is -0.398 e. The molecule has 0 aromatic heterocycles. The van der Waals surface area contributed by atoms with E-state index >= 15 is 0 Å². The second-order valence-electron chi connectivity index (χ2n) is 5.02. The van der Waals surface area contributed by atoms with Crippen molar-refractivity contribution in [1.29, 1.82) is 0 Å². The Morgan fingerprint density at radius 1 is 1.39 bits per heavy atom. The quantitative estimate of drug-likeness (QED) is 0.696. The van der Waals surface area contributed by atoms with Crippen molar-refractivity contribution in [3.8, 4) is 0 Å². The average molecular weight is 248 g/mol. The highest BCUT2D eigenvalue weighted by atomic mass is 16.3. The summed E-state index contributed by atoms with van der Waals surface area (Å²) < 4.78 is 0. The summed E-state index contributed by atoms with van der Waals surface area (Å²) in [6.07, 6.45) is 3.23. The van der Waals surface area contributed by atoms with Gasteiger partial charge >= 0.3 is 0 Å². The van der Waals surface area contributed by atoms with Gasteiger partial charge in [-0.15, -0.1) is 0 Å². The van der Waals surface area contributed by atoms with Crippen LogP contribution in [0.3, 0.4) is 0 Å². The van der Waals surface area contributed by atoms with E-state index in [9.17, 15) is 9.90 Å². The van der Waals surface area contributed by atoms with Gasteiger partial charge in [-0.1, -0.05) is 18.9 Å². The average Bonchev–Trinajstić information content (AvgIpc) is 2.32. The van der Waals surface area contributed by atoms with Crippen LogP contribution in [0.4, 0.5) is 5.69 Å². The van der Waals surface area contributed by atoms with Crippen molar-refractivity contribution in [2.45, 2.75) is 44.8 Å². The molecule has 1 fully saturated rings. The van der Waals surface area contributed by atoms with Gasteiger partial charge in [-0.05, 0) is 37.5 Å². The van der Waals surface area contributed by atoms with Gasteiger partial charge in [0.25, 0.3) is 5.91 Å². The van der Waals surface area contributed by atoms with E-state index in [2.05, 4.69) is 5.32 Å². The molecule has 18 heavy (non-hydrogen) atoms. The molecule has 4 heteroatoms. The van der Waals surface area contributed by atoms with Crippen LogP contribution in [-0.2, 0) is 0 Å². The van der Waals surface area contributed by atoms with Crippen molar-refractivity contribution in [3.63, 3.8) is 0 Å². The van der Waals surface area contributed by atoms with E-state index in [0.29, 0.717) is 11.3 Å². The van der Waals surface area contributed by atoms with Gasteiger partial charge < -0.3 is 16.2 Å². The highest BCUT2D eigenvalue weighted by molar-refractivity contribution is 5.99. The molecular weight excluding hydrogens is 228 g/mol. The Bertz CT molecular complexity index is 445. The monoisotopic (exact) mass is 248 g/mol. The van der Waals surface area contributed by atoms with Crippen LogP contribution in [0, 0.1) is 6.92 Å². The van der Waals surface area contributed by atoms with Crippen molar-refractivity contribution in [1.82, 2.24) is 5.32 Å². The number of benzene rings is 1. The van der Waals surface area contributed by atoms with Gasteiger partial charge in [0.05, 0.1) is 17.7 Å². The molecular formula is C14H20N2O2. The van der Waals surface area contributed by atoms with Crippen molar-refractivity contribution in [2.75, 3.05) is 5.73 Å². The summed E-state index contributed by atoms with van der Waals surface area (Å²) in [5, 5.41) is 12.7. The molecule has 1 saturated carbocycles. The van der Waals surface area contributed by atoms with E-state index in [-0.39, 0.29) is 11.9 Å². The first-order valence-electron chi connectivity index (χ1n) is 6.43. The van der Waals surface area contributed by atoms with E-state index in [4.69, 9.17) is 5.73 Å². The highest BCUT2D eigenvalue weighted by Crippen LogP contribution is 2.20. The normalized spacial score (nSPS) is 23.7. The second-order valence-corrected chi connectivity index (χ2v) is 5.02. The van der Waals surface area contributed by atoms with E-state index in [1.807, 2.05) is 13.0 Å². The smallest absolute Gasteiger partial charge is 0.253 e. The number of carbonyl (C=O) groups is 1. The molecule has 2 atom stereocenters. The fourth-order valence-electron chi connectivity index (χ4n) is 2.41. The Balaban J connectivity index is 2.07. The lowest BCUT2D eigenvalue weighted by atomic mass is 9.92. The summed E-state index contributed by atoms with van der Waals surface area (Å²) in [5.41, 5.74) is 7.84. The molecule has 1 aliphatic carbocycles. The Hall–Kier alpha value is -1.55.